The van der Waals surface area contributed by atoms with E-state index in [1.165, 1.54) is 6.92 Å². The van der Waals surface area contributed by atoms with Crippen LogP contribution in [0.5, 0.6) is 0 Å². The zero-order valence-corrected chi connectivity index (χ0v) is 21.9. The Kier molecular flexibility index (Phi) is 14.3. The number of carboxylic acid groups (broad SMARTS) is 1. The third-order valence-electron chi connectivity index (χ3n) is 5.37. The molecule has 1 fully saturated rings. The summed E-state index contributed by atoms with van der Waals surface area (Å²) in [5, 5.41) is 42.0. The van der Waals surface area contributed by atoms with Crippen LogP contribution in [0.25, 0.3) is 0 Å². The molecule has 0 spiro atoms. The number of carbonyl (C=O) groups is 6. The maximum absolute atomic E-state index is 12.6. The van der Waals surface area contributed by atoms with E-state index >= 15 is 0 Å². The molecule has 17 heteroatoms. The highest BCUT2D eigenvalue weighted by Crippen LogP contribution is 2.05. The number of amides is 5. The van der Waals surface area contributed by atoms with Crippen molar-refractivity contribution in [2.75, 3.05) is 31.3 Å². The number of hydrogen-bond acceptors (Lipinski definition) is 11. The fourth-order valence-corrected chi connectivity index (χ4v) is 3.68. The Morgan fingerprint density at radius 3 is 1.65 bits per heavy atom. The van der Waals surface area contributed by atoms with E-state index in [-0.39, 0.29) is 17.4 Å². The van der Waals surface area contributed by atoms with E-state index in [4.69, 9.17) is 10.2 Å². The second-order valence-corrected chi connectivity index (χ2v) is 8.92. The van der Waals surface area contributed by atoms with Crippen LogP contribution in [-0.4, -0.2) is 118 Å². The molecule has 210 valence electrons. The number of carboxylic acids is 1. The van der Waals surface area contributed by atoms with Crippen molar-refractivity contribution < 1.29 is 44.1 Å². The summed E-state index contributed by atoms with van der Waals surface area (Å²) < 4.78 is 0. The van der Waals surface area contributed by atoms with Gasteiger partial charge in [-0.05, 0) is 26.3 Å². The molecule has 0 aliphatic carbocycles. The van der Waals surface area contributed by atoms with Crippen LogP contribution in [0, 0.1) is 0 Å². The van der Waals surface area contributed by atoms with Crippen molar-refractivity contribution in [3.63, 3.8) is 0 Å². The molecule has 0 saturated carbocycles. The highest BCUT2D eigenvalue weighted by Gasteiger charge is 2.31. The minimum Gasteiger partial charge on any atom is -0.480 e. The standard InChI is InChI=1S/C20H34N6O9S2/c1-9(22-16(30)10-3-2-4-21-10)15(29)23-11(5-27)17(31)25-14(8-37)19(33)26-13(7-36)18(32)24-12(6-28)20(34)35/h9-14,21,27-28,36-37H,2-8H2,1H3,(H,22,30)(H,23,29)(H,24,32)(H,25,31)(H,26,33)(H,34,35)/t9-,10-,11-,12-,13-,14-/m0/s1. The Bertz CT molecular complexity index is 843. The van der Waals surface area contributed by atoms with E-state index in [0.29, 0.717) is 13.0 Å². The molecule has 1 saturated heterocycles. The highest BCUT2D eigenvalue weighted by atomic mass is 32.1. The van der Waals surface area contributed by atoms with Crippen LogP contribution in [0.1, 0.15) is 19.8 Å². The molecule has 0 unspecified atom stereocenters. The molecular formula is C20H34N6O9S2. The van der Waals surface area contributed by atoms with Crippen LogP contribution in [0.3, 0.4) is 0 Å². The van der Waals surface area contributed by atoms with Crippen molar-refractivity contribution in [2.24, 2.45) is 0 Å². The molecule has 0 aromatic carbocycles. The summed E-state index contributed by atoms with van der Waals surface area (Å²) in [6.07, 6.45) is 1.46. The van der Waals surface area contributed by atoms with E-state index in [9.17, 15) is 33.9 Å². The lowest BCUT2D eigenvalue weighted by Crippen LogP contribution is -2.60. The minimum atomic E-state index is -1.59. The van der Waals surface area contributed by atoms with Gasteiger partial charge in [0.1, 0.15) is 30.2 Å². The summed E-state index contributed by atoms with van der Waals surface area (Å²) >= 11 is 7.95. The number of thiol groups is 2. The minimum absolute atomic E-state index is 0.236. The van der Waals surface area contributed by atoms with Crippen LogP contribution in [0.2, 0.25) is 0 Å². The normalized spacial score (nSPS) is 18.9. The van der Waals surface area contributed by atoms with Crippen LogP contribution < -0.4 is 31.9 Å². The molecule has 0 aromatic rings. The molecule has 1 aliphatic heterocycles. The van der Waals surface area contributed by atoms with Crippen molar-refractivity contribution in [1.82, 2.24) is 31.9 Å². The van der Waals surface area contributed by atoms with Crippen molar-refractivity contribution in [3.8, 4) is 0 Å². The highest BCUT2D eigenvalue weighted by molar-refractivity contribution is 7.80. The number of aliphatic hydroxyl groups excluding tert-OH is 2. The first-order valence-corrected chi connectivity index (χ1v) is 12.7. The lowest BCUT2D eigenvalue weighted by Gasteiger charge is -2.24. The van der Waals surface area contributed by atoms with Crippen molar-refractivity contribution in [1.29, 1.82) is 0 Å². The van der Waals surface area contributed by atoms with E-state index in [0.717, 1.165) is 6.42 Å². The monoisotopic (exact) mass is 566 g/mol. The van der Waals surface area contributed by atoms with Gasteiger partial charge in [-0.25, -0.2) is 4.79 Å². The summed E-state index contributed by atoms with van der Waals surface area (Å²) in [5.74, 6) is -5.80. The first-order chi connectivity index (χ1) is 17.5. The van der Waals surface area contributed by atoms with Gasteiger partial charge in [0.25, 0.3) is 0 Å². The first-order valence-electron chi connectivity index (χ1n) is 11.4. The zero-order valence-electron chi connectivity index (χ0n) is 20.1. The average molecular weight is 567 g/mol. The smallest absolute Gasteiger partial charge is 0.328 e. The Hall–Kier alpha value is -2.60. The third-order valence-corrected chi connectivity index (χ3v) is 6.10. The third kappa shape index (κ3) is 10.4. The summed E-state index contributed by atoms with van der Waals surface area (Å²) in [6.45, 7) is 0.406. The number of hydrogen-bond donors (Lipinski definition) is 11. The number of aliphatic hydroxyl groups is 2. The summed E-state index contributed by atoms with van der Waals surface area (Å²) in [4.78, 5) is 73.0. The van der Waals surface area contributed by atoms with E-state index < -0.39 is 79.1 Å². The molecule has 6 atom stereocenters. The van der Waals surface area contributed by atoms with Gasteiger partial charge in [-0.3, -0.25) is 24.0 Å². The lowest BCUT2D eigenvalue weighted by molar-refractivity contribution is -0.143. The van der Waals surface area contributed by atoms with Crippen molar-refractivity contribution in [3.05, 3.63) is 0 Å². The van der Waals surface area contributed by atoms with Gasteiger partial charge in [-0.2, -0.15) is 25.3 Å². The molecule has 0 bridgehead atoms. The predicted molar refractivity (Wildman–Crippen MR) is 136 cm³/mol. The second kappa shape index (κ2) is 16.3. The number of aliphatic carboxylic acids is 1. The molecule has 0 radical (unpaired) electrons. The Morgan fingerprint density at radius 2 is 1.24 bits per heavy atom. The molecule has 37 heavy (non-hydrogen) atoms. The Morgan fingerprint density at radius 1 is 0.784 bits per heavy atom. The molecular weight excluding hydrogens is 532 g/mol. The predicted octanol–water partition coefficient (Wildman–Crippen LogP) is -4.89. The van der Waals surface area contributed by atoms with Crippen LogP contribution in [0.15, 0.2) is 0 Å². The van der Waals surface area contributed by atoms with Gasteiger partial charge in [0, 0.05) is 11.5 Å². The van der Waals surface area contributed by atoms with Crippen LogP contribution in [0.4, 0.5) is 0 Å². The maximum atomic E-state index is 12.6. The number of rotatable bonds is 15. The van der Waals surface area contributed by atoms with Crippen molar-refractivity contribution in [2.45, 2.75) is 56.0 Å². The summed E-state index contributed by atoms with van der Waals surface area (Å²) in [6, 6.07) is -7.10. The van der Waals surface area contributed by atoms with Crippen LogP contribution >= 0.6 is 25.3 Å². The number of nitrogens with one attached hydrogen (secondary N) is 6. The second-order valence-electron chi connectivity index (χ2n) is 8.19. The first kappa shape index (κ1) is 32.4. The molecule has 9 N–H and O–H groups in total. The molecule has 1 aliphatic rings. The van der Waals surface area contributed by atoms with Gasteiger partial charge < -0.3 is 47.2 Å². The van der Waals surface area contributed by atoms with Crippen molar-refractivity contribution >= 4 is 60.8 Å². The number of carbonyl (C=O) groups excluding carboxylic acids is 5. The maximum Gasteiger partial charge on any atom is 0.328 e. The van der Waals surface area contributed by atoms with Gasteiger partial charge in [0.2, 0.25) is 29.5 Å². The van der Waals surface area contributed by atoms with Gasteiger partial charge in [0.15, 0.2) is 0 Å². The quantitative estimate of drug-likeness (QED) is 0.0845. The molecule has 1 rings (SSSR count). The van der Waals surface area contributed by atoms with E-state index in [2.05, 4.69) is 51.8 Å². The molecule has 5 amide bonds. The summed E-state index contributed by atoms with van der Waals surface area (Å²) in [5.41, 5.74) is 0. The topological polar surface area (TPSA) is 235 Å². The Labute approximate surface area is 224 Å². The summed E-state index contributed by atoms with van der Waals surface area (Å²) in [7, 11) is 0. The lowest BCUT2D eigenvalue weighted by atomic mass is 10.2. The van der Waals surface area contributed by atoms with E-state index in [1.807, 2.05) is 5.32 Å². The van der Waals surface area contributed by atoms with Gasteiger partial charge in [-0.15, -0.1) is 0 Å². The SMILES string of the molecule is C[C@H](NC(=O)[C@@H]1CCCN1)C(=O)N[C@@H](CO)C(=O)N[C@@H](CS)C(=O)N[C@@H](CS)C(=O)N[C@@H](CO)C(=O)O. The van der Waals surface area contributed by atoms with Crippen LogP contribution in [-0.2, 0) is 28.8 Å². The van der Waals surface area contributed by atoms with Gasteiger partial charge >= 0.3 is 5.97 Å². The largest absolute Gasteiger partial charge is 0.480 e. The Balaban J connectivity index is 2.70. The fourth-order valence-electron chi connectivity index (χ4n) is 3.17. The molecule has 15 nitrogen and oxygen atoms in total. The van der Waals surface area contributed by atoms with Gasteiger partial charge in [-0.1, -0.05) is 0 Å². The van der Waals surface area contributed by atoms with E-state index in [1.54, 1.807) is 0 Å². The average Bonchev–Trinajstić information content (AvgIpc) is 3.41. The zero-order chi connectivity index (χ0) is 28.1. The molecule has 1 heterocycles. The van der Waals surface area contributed by atoms with Gasteiger partial charge in [0.05, 0.1) is 19.3 Å². The fraction of sp³-hybridized carbons (Fsp3) is 0.700. The molecule has 0 aromatic heterocycles.